The lowest BCUT2D eigenvalue weighted by Gasteiger charge is -2.08. The van der Waals surface area contributed by atoms with Gasteiger partial charge in [-0.15, -0.1) is 0 Å². The van der Waals surface area contributed by atoms with Crippen LogP contribution >= 0.6 is 31.9 Å². The van der Waals surface area contributed by atoms with E-state index in [-0.39, 0.29) is 0 Å². The number of benzene rings is 1. The van der Waals surface area contributed by atoms with Crippen LogP contribution in [-0.4, -0.2) is 5.11 Å². The molecule has 0 aliphatic rings. The third kappa shape index (κ3) is 2.09. The van der Waals surface area contributed by atoms with Crippen LogP contribution in [0, 0.1) is 6.92 Å². The molecule has 0 aliphatic carbocycles. The van der Waals surface area contributed by atoms with E-state index in [9.17, 15) is 5.11 Å². The SMILES string of the molecule is Cc1c(Br)cc([C@H](C)O)cc1Br. The summed E-state index contributed by atoms with van der Waals surface area (Å²) < 4.78 is 2.04. The van der Waals surface area contributed by atoms with Crippen molar-refractivity contribution in [1.29, 1.82) is 0 Å². The van der Waals surface area contributed by atoms with Gasteiger partial charge in [-0.05, 0) is 37.1 Å². The van der Waals surface area contributed by atoms with E-state index in [4.69, 9.17) is 0 Å². The summed E-state index contributed by atoms with van der Waals surface area (Å²) in [6.07, 6.45) is -0.418. The van der Waals surface area contributed by atoms with Crippen molar-refractivity contribution in [2.24, 2.45) is 0 Å². The number of rotatable bonds is 1. The Hall–Kier alpha value is 0.140. The Morgan fingerprint density at radius 1 is 1.25 bits per heavy atom. The van der Waals surface area contributed by atoms with Crippen LogP contribution in [0.3, 0.4) is 0 Å². The van der Waals surface area contributed by atoms with Crippen LogP contribution in [-0.2, 0) is 0 Å². The van der Waals surface area contributed by atoms with Gasteiger partial charge in [-0.1, -0.05) is 31.9 Å². The predicted molar refractivity (Wildman–Crippen MR) is 57.2 cm³/mol. The minimum atomic E-state index is -0.418. The molecule has 1 aromatic rings. The van der Waals surface area contributed by atoms with Crippen LogP contribution in [0.1, 0.15) is 24.2 Å². The molecule has 0 unspecified atom stereocenters. The van der Waals surface area contributed by atoms with E-state index in [0.717, 1.165) is 20.1 Å². The molecule has 0 bridgehead atoms. The Bertz CT molecular complexity index is 272. The highest BCUT2D eigenvalue weighted by Gasteiger charge is 2.06. The van der Waals surface area contributed by atoms with E-state index in [1.165, 1.54) is 0 Å². The Kier molecular flexibility index (Phi) is 3.32. The molecule has 0 amide bonds. The van der Waals surface area contributed by atoms with E-state index in [0.29, 0.717) is 0 Å². The zero-order valence-corrected chi connectivity index (χ0v) is 10.1. The first kappa shape index (κ1) is 10.2. The van der Waals surface area contributed by atoms with Gasteiger partial charge in [0.2, 0.25) is 0 Å². The summed E-state index contributed by atoms with van der Waals surface area (Å²) in [7, 11) is 0. The monoisotopic (exact) mass is 292 g/mol. The zero-order chi connectivity index (χ0) is 9.30. The Balaban J connectivity index is 3.21. The van der Waals surface area contributed by atoms with Gasteiger partial charge < -0.3 is 5.11 Å². The predicted octanol–water partition coefficient (Wildman–Crippen LogP) is 3.57. The minimum absolute atomic E-state index is 0.418. The molecule has 12 heavy (non-hydrogen) atoms. The molecule has 0 fully saturated rings. The second-order valence-electron chi connectivity index (χ2n) is 2.79. The van der Waals surface area contributed by atoms with Gasteiger partial charge in [-0.25, -0.2) is 0 Å². The van der Waals surface area contributed by atoms with Crippen molar-refractivity contribution in [3.63, 3.8) is 0 Å². The second kappa shape index (κ2) is 3.90. The average Bonchev–Trinajstić information content (AvgIpc) is 1.99. The van der Waals surface area contributed by atoms with Crippen LogP contribution in [0.5, 0.6) is 0 Å². The lowest BCUT2D eigenvalue weighted by molar-refractivity contribution is 0.199. The van der Waals surface area contributed by atoms with E-state index in [2.05, 4.69) is 31.9 Å². The molecule has 0 saturated heterocycles. The number of halogens is 2. The molecule has 3 heteroatoms. The van der Waals surface area contributed by atoms with Gasteiger partial charge in [0.1, 0.15) is 0 Å². The molecule has 0 aromatic heterocycles. The maximum atomic E-state index is 9.32. The van der Waals surface area contributed by atoms with Crippen LogP contribution in [0.15, 0.2) is 21.1 Å². The summed E-state index contributed by atoms with van der Waals surface area (Å²) >= 11 is 6.85. The smallest absolute Gasteiger partial charge is 0.0762 e. The molecule has 0 radical (unpaired) electrons. The van der Waals surface area contributed by atoms with Crippen LogP contribution in [0.4, 0.5) is 0 Å². The summed E-state index contributed by atoms with van der Waals surface area (Å²) in [6, 6.07) is 3.87. The molecule has 66 valence electrons. The summed E-state index contributed by atoms with van der Waals surface area (Å²) in [6.45, 7) is 3.77. The van der Waals surface area contributed by atoms with Crippen molar-refractivity contribution in [1.82, 2.24) is 0 Å². The molecule has 0 spiro atoms. The van der Waals surface area contributed by atoms with Gasteiger partial charge in [-0.3, -0.25) is 0 Å². The maximum Gasteiger partial charge on any atom is 0.0762 e. The largest absolute Gasteiger partial charge is 0.389 e. The molecular weight excluding hydrogens is 284 g/mol. The topological polar surface area (TPSA) is 20.2 Å². The van der Waals surface area contributed by atoms with Crippen LogP contribution in [0.25, 0.3) is 0 Å². The molecule has 1 nitrogen and oxygen atoms in total. The highest BCUT2D eigenvalue weighted by atomic mass is 79.9. The van der Waals surface area contributed by atoms with E-state index in [1.54, 1.807) is 6.92 Å². The van der Waals surface area contributed by atoms with Crippen molar-refractivity contribution in [2.75, 3.05) is 0 Å². The van der Waals surface area contributed by atoms with E-state index in [1.807, 2.05) is 19.1 Å². The van der Waals surface area contributed by atoms with Gasteiger partial charge >= 0.3 is 0 Å². The van der Waals surface area contributed by atoms with Crippen molar-refractivity contribution in [3.8, 4) is 0 Å². The fourth-order valence-corrected chi connectivity index (χ4v) is 2.13. The van der Waals surface area contributed by atoms with Crippen LogP contribution < -0.4 is 0 Å². The molecule has 0 aliphatic heterocycles. The summed E-state index contributed by atoms with van der Waals surface area (Å²) in [5.74, 6) is 0. The molecule has 0 heterocycles. The average molecular weight is 294 g/mol. The normalized spacial score (nSPS) is 13.1. The molecular formula is C9H10Br2O. The van der Waals surface area contributed by atoms with E-state index >= 15 is 0 Å². The van der Waals surface area contributed by atoms with Crippen molar-refractivity contribution in [3.05, 3.63) is 32.2 Å². The molecule has 0 saturated carbocycles. The molecule has 1 aromatic carbocycles. The first-order valence-electron chi connectivity index (χ1n) is 3.66. The molecule has 1 N–H and O–H groups in total. The number of aliphatic hydroxyl groups excluding tert-OH is 1. The third-order valence-electron chi connectivity index (χ3n) is 1.79. The quantitative estimate of drug-likeness (QED) is 0.839. The number of aliphatic hydroxyl groups is 1. The van der Waals surface area contributed by atoms with Crippen molar-refractivity contribution >= 4 is 31.9 Å². The Morgan fingerprint density at radius 2 is 1.67 bits per heavy atom. The highest BCUT2D eigenvalue weighted by Crippen LogP contribution is 2.28. The first-order valence-corrected chi connectivity index (χ1v) is 5.24. The number of hydrogen-bond acceptors (Lipinski definition) is 1. The third-order valence-corrected chi connectivity index (χ3v) is 3.43. The zero-order valence-electron chi connectivity index (χ0n) is 6.94. The first-order chi connectivity index (χ1) is 5.52. The second-order valence-corrected chi connectivity index (χ2v) is 4.49. The fourth-order valence-electron chi connectivity index (χ4n) is 0.906. The summed E-state index contributed by atoms with van der Waals surface area (Å²) in [5, 5.41) is 9.32. The van der Waals surface area contributed by atoms with Gasteiger partial charge in [0.05, 0.1) is 6.10 Å². The van der Waals surface area contributed by atoms with Gasteiger partial charge in [0.15, 0.2) is 0 Å². The van der Waals surface area contributed by atoms with E-state index < -0.39 is 6.10 Å². The minimum Gasteiger partial charge on any atom is -0.389 e. The highest BCUT2D eigenvalue weighted by molar-refractivity contribution is 9.11. The number of hydrogen-bond donors (Lipinski definition) is 1. The fraction of sp³-hybridized carbons (Fsp3) is 0.333. The van der Waals surface area contributed by atoms with Crippen molar-refractivity contribution in [2.45, 2.75) is 20.0 Å². The Labute approximate surface area is 89.1 Å². The summed E-state index contributed by atoms with van der Waals surface area (Å²) in [5.41, 5.74) is 2.07. The standard InChI is InChI=1S/C9H10Br2O/c1-5-8(10)3-7(6(2)12)4-9(5)11/h3-4,6,12H,1-2H3/t6-/m0/s1. The lowest BCUT2D eigenvalue weighted by atomic mass is 10.1. The van der Waals surface area contributed by atoms with Gasteiger partial charge in [0, 0.05) is 8.95 Å². The molecule has 1 rings (SSSR count). The summed E-state index contributed by atoms with van der Waals surface area (Å²) in [4.78, 5) is 0. The van der Waals surface area contributed by atoms with Gasteiger partial charge in [0.25, 0.3) is 0 Å². The maximum absolute atomic E-state index is 9.32. The van der Waals surface area contributed by atoms with Crippen LogP contribution in [0.2, 0.25) is 0 Å². The lowest BCUT2D eigenvalue weighted by Crippen LogP contribution is -1.92. The van der Waals surface area contributed by atoms with Gasteiger partial charge in [-0.2, -0.15) is 0 Å². The molecule has 1 atom stereocenters. The van der Waals surface area contributed by atoms with Crippen molar-refractivity contribution < 1.29 is 5.11 Å². The Morgan fingerprint density at radius 3 is 2.00 bits per heavy atom.